The minimum absolute atomic E-state index is 0.606. The summed E-state index contributed by atoms with van der Waals surface area (Å²) in [7, 11) is -1.56. The maximum absolute atomic E-state index is 5.92. The van der Waals surface area contributed by atoms with Gasteiger partial charge in [0, 0.05) is 13.2 Å². The first kappa shape index (κ1) is 23.5. The lowest BCUT2D eigenvalue weighted by atomic mass is 10.1. The predicted molar refractivity (Wildman–Crippen MR) is 106 cm³/mol. The Bertz CT molecular complexity index is 221. The number of rotatable bonds is 18. The Hall–Kier alpha value is 0.491. The Morgan fingerprint density at radius 1 is 0.565 bits per heavy atom. The van der Waals surface area contributed by atoms with Crippen molar-refractivity contribution in [3.05, 3.63) is 0 Å². The van der Waals surface area contributed by atoms with Crippen LogP contribution in [0.3, 0.4) is 0 Å². The maximum atomic E-state index is 5.92. The summed E-state index contributed by atoms with van der Waals surface area (Å²) in [5, 5.41) is 0. The first-order valence-electron chi connectivity index (χ1n) is 9.62. The molecule has 0 N–H and O–H groups in total. The molecule has 0 unspecified atom stereocenters. The van der Waals surface area contributed by atoms with Crippen LogP contribution in [-0.2, 0) is 17.1 Å². The lowest BCUT2D eigenvalue weighted by molar-refractivity contribution is 0.0442. The zero-order valence-corrected chi connectivity index (χ0v) is 21.0. The zero-order valence-electron chi connectivity index (χ0n) is 16.0. The van der Waals surface area contributed by atoms with Gasteiger partial charge < -0.3 is 17.1 Å². The zero-order chi connectivity index (χ0) is 17.2. The molecule has 0 saturated carbocycles. The second kappa shape index (κ2) is 17.3. The van der Waals surface area contributed by atoms with E-state index in [4.69, 9.17) is 17.1 Å². The molecule has 0 aliphatic carbocycles. The Labute approximate surface area is 151 Å². The number of hydrogen-bond donors (Lipinski definition) is 0. The van der Waals surface area contributed by atoms with Crippen LogP contribution in [0, 0.1) is 0 Å². The predicted octanol–water partition coefficient (Wildman–Crippen LogP) is 2.77. The van der Waals surface area contributed by atoms with E-state index in [2.05, 4.69) is 13.8 Å². The van der Waals surface area contributed by atoms with Gasteiger partial charge in [0.25, 0.3) is 0 Å². The molecule has 0 fully saturated rings. The van der Waals surface area contributed by atoms with Gasteiger partial charge in [0.05, 0.1) is 0 Å². The molecule has 0 aromatic heterocycles. The smallest absolute Gasteiger partial charge is 0.403 e. The summed E-state index contributed by atoms with van der Waals surface area (Å²) in [6, 6.07) is 0. The summed E-state index contributed by atoms with van der Waals surface area (Å²) in [6.07, 6.45) is 15.1. The normalized spacial score (nSPS) is 12.3. The van der Waals surface area contributed by atoms with Gasteiger partial charge in [-0.3, -0.25) is 0 Å². The van der Waals surface area contributed by atoms with Crippen molar-refractivity contribution < 1.29 is 17.1 Å². The number of unbranched alkanes of at least 4 members (excludes halogenated alkanes) is 10. The summed E-state index contributed by atoms with van der Waals surface area (Å²) in [4.78, 5) is 0. The minimum atomic E-state index is -2.77. The highest BCUT2D eigenvalue weighted by molar-refractivity contribution is 6.60. The van der Waals surface area contributed by atoms with Crippen LogP contribution in [-0.4, -0.2) is 43.2 Å². The SMILES string of the molecule is CCCCCCCCO[Si](O[SiH3])(O[SiH3])OCCCCCCCC. The van der Waals surface area contributed by atoms with Crippen molar-refractivity contribution in [3.8, 4) is 0 Å². The molecule has 140 valence electrons. The third-order valence-electron chi connectivity index (χ3n) is 4.05. The second-order valence-electron chi connectivity index (χ2n) is 6.14. The van der Waals surface area contributed by atoms with Gasteiger partial charge in [-0.05, 0) is 12.8 Å². The van der Waals surface area contributed by atoms with Crippen molar-refractivity contribution >= 4 is 30.0 Å². The molecule has 0 aromatic rings. The molecule has 0 aromatic carbocycles. The Kier molecular flexibility index (Phi) is 17.7. The first-order valence-corrected chi connectivity index (χ1v) is 12.9. The molecule has 0 aliphatic rings. The van der Waals surface area contributed by atoms with Crippen LogP contribution in [0.5, 0.6) is 0 Å². The van der Waals surface area contributed by atoms with Gasteiger partial charge in [0.15, 0.2) is 0 Å². The van der Waals surface area contributed by atoms with Crippen LogP contribution < -0.4 is 0 Å². The molecule has 0 aliphatic heterocycles. The summed E-state index contributed by atoms with van der Waals surface area (Å²) in [5.74, 6) is 0. The minimum Gasteiger partial charge on any atom is -0.403 e. The van der Waals surface area contributed by atoms with Crippen molar-refractivity contribution in [2.45, 2.75) is 90.9 Å². The fraction of sp³-hybridized carbons (Fsp3) is 1.00. The average molecular weight is 381 g/mol. The van der Waals surface area contributed by atoms with Crippen LogP contribution >= 0.6 is 0 Å². The van der Waals surface area contributed by atoms with Crippen molar-refractivity contribution in [2.24, 2.45) is 0 Å². The van der Waals surface area contributed by atoms with Crippen LogP contribution in [0.4, 0.5) is 0 Å². The van der Waals surface area contributed by atoms with Gasteiger partial charge in [-0.25, -0.2) is 0 Å². The van der Waals surface area contributed by atoms with Crippen molar-refractivity contribution in [1.82, 2.24) is 0 Å². The largest absolute Gasteiger partial charge is 0.657 e. The molecular formula is C16H40O4Si3. The third-order valence-corrected chi connectivity index (χ3v) is 9.17. The molecule has 0 saturated heterocycles. The summed E-state index contributed by atoms with van der Waals surface area (Å²) >= 11 is 0. The van der Waals surface area contributed by atoms with Crippen molar-refractivity contribution in [3.63, 3.8) is 0 Å². The van der Waals surface area contributed by atoms with Crippen molar-refractivity contribution in [2.75, 3.05) is 13.2 Å². The standard InChI is InChI=1S/C16H40O4Si3/c1-3-5-7-9-11-13-15-17-23(19-21,20-22)18-16-14-12-10-8-6-4-2/h3-16H2,1-2,21-22H3. The summed E-state index contributed by atoms with van der Waals surface area (Å²) in [6.45, 7) is 5.91. The lowest BCUT2D eigenvalue weighted by Gasteiger charge is -2.26. The highest BCUT2D eigenvalue weighted by Crippen LogP contribution is 2.13. The molecule has 4 nitrogen and oxygen atoms in total. The molecule has 0 bridgehead atoms. The van der Waals surface area contributed by atoms with Crippen LogP contribution in [0.15, 0.2) is 0 Å². The first-order chi connectivity index (χ1) is 11.2. The van der Waals surface area contributed by atoms with Crippen molar-refractivity contribution in [1.29, 1.82) is 0 Å². The van der Waals surface area contributed by atoms with Gasteiger partial charge >= 0.3 is 9.05 Å². The summed E-state index contributed by atoms with van der Waals surface area (Å²) in [5.41, 5.74) is 0. The molecular weight excluding hydrogens is 340 g/mol. The van der Waals surface area contributed by atoms with E-state index in [9.17, 15) is 0 Å². The molecule has 0 atom stereocenters. The van der Waals surface area contributed by atoms with E-state index < -0.39 is 9.05 Å². The van der Waals surface area contributed by atoms with E-state index >= 15 is 0 Å². The highest BCUT2D eigenvalue weighted by Gasteiger charge is 2.41. The van der Waals surface area contributed by atoms with E-state index in [1.807, 2.05) is 0 Å². The summed E-state index contributed by atoms with van der Waals surface area (Å²) < 4.78 is 23.1. The molecule has 0 rings (SSSR count). The van der Waals surface area contributed by atoms with Gasteiger partial charge in [0.2, 0.25) is 0 Å². The number of hydrogen-bond acceptors (Lipinski definition) is 4. The lowest BCUT2D eigenvalue weighted by Crippen LogP contribution is -2.48. The Balaban J connectivity index is 3.74. The van der Waals surface area contributed by atoms with Gasteiger partial charge in [-0.2, -0.15) is 0 Å². The molecule has 0 radical (unpaired) electrons. The average Bonchev–Trinajstić information content (AvgIpc) is 2.58. The topological polar surface area (TPSA) is 36.9 Å². The molecule has 23 heavy (non-hydrogen) atoms. The maximum Gasteiger partial charge on any atom is 0.657 e. The monoisotopic (exact) mass is 380 g/mol. The Morgan fingerprint density at radius 3 is 1.26 bits per heavy atom. The molecule has 0 spiro atoms. The fourth-order valence-electron chi connectivity index (χ4n) is 2.52. The Morgan fingerprint density at radius 2 is 0.913 bits per heavy atom. The van der Waals surface area contributed by atoms with Crippen LogP contribution in [0.1, 0.15) is 90.9 Å². The van der Waals surface area contributed by atoms with E-state index in [1.54, 1.807) is 0 Å². The van der Waals surface area contributed by atoms with Gasteiger partial charge in [-0.1, -0.05) is 78.1 Å². The van der Waals surface area contributed by atoms with Crippen LogP contribution in [0.2, 0.25) is 0 Å². The van der Waals surface area contributed by atoms with Crippen LogP contribution in [0.25, 0.3) is 0 Å². The second-order valence-corrected chi connectivity index (χ2v) is 11.0. The fourth-order valence-corrected chi connectivity index (χ4v) is 7.44. The van der Waals surface area contributed by atoms with E-state index in [-0.39, 0.29) is 0 Å². The van der Waals surface area contributed by atoms with E-state index in [1.165, 1.54) is 64.2 Å². The van der Waals surface area contributed by atoms with E-state index in [0.717, 1.165) is 12.8 Å². The molecule has 0 heterocycles. The molecule has 0 amide bonds. The molecule has 7 heteroatoms. The third kappa shape index (κ3) is 13.5. The van der Waals surface area contributed by atoms with Gasteiger partial charge in [-0.15, -0.1) is 0 Å². The van der Waals surface area contributed by atoms with Gasteiger partial charge in [0.1, 0.15) is 21.0 Å². The highest BCUT2D eigenvalue weighted by atomic mass is 28.5. The quantitative estimate of drug-likeness (QED) is 0.271. The van der Waals surface area contributed by atoms with E-state index in [0.29, 0.717) is 34.2 Å².